The van der Waals surface area contributed by atoms with Crippen LogP contribution in [0.2, 0.25) is 0 Å². The first-order valence-corrected chi connectivity index (χ1v) is 7.07. The molecule has 0 aliphatic rings. The van der Waals surface area contributed by atoms with E-state index < -0.39 is 0 Å². The molecule has 0 fully saturated rings. The van der Waals surface area contributed by atoms with E-state index in [0.29, 0.717) is 6.42 Å². The zero-order valence-corrected chi connectivity index (χ0v) is 11.0. The molecule has 2 rings (SSSR count). The van der Waals surface area contributed by atoms with Crippen molar-refractivity contribution in [3.63, 3.8) is 0 Å². The number of halogens is 1. The van der Waals surface area contributed by atoms with Crippen LogP contribution >= 0.6 is 11.3 Å². The minimum atomic E-state index is -0.383. The Kier molecular flexibility index (Phi) is 4.90. The van der Waals surface area contributed by atoms with Crippen molar-refractivity contribution in [2.24, 2.45) is 0 Å². The van der Waals surface area contributed by atoms with Crippen LogP contribution in [0.3, 0.4) is 0 Å². The number of hydrogen-bond donors (Lipinski definition) is 1. The summed E-state index contributed by atoms with van der Waals surface area (Å²) in [5.41, 5.74) is 0.860. The molecule has 1 atom stereocenters. The topological polar surface area (TPSA) is 20.2 Å². The molecule has 0 amide bonds. The highest BCUT2D eigenvalue weighted by Crippen LogP contribution is 2.14. The van der Waals surface area contributed by atoms with Gasteiger partial charge >= 0.3 is 0 Å². The molecule has 1 aromatic heterocycles. The Hall–Kier alpha value is -1.19. The fourth-order valence-electron chi connectivity index (χ4n) is 2.00. The lowest BCUT2D eigenvalue weighted by atomic mass is 10.0. The minimum Gasteiger partial charge on any atom is -0.393 e. The summed E-state index contributed by atoms with van der Waals surface area (Å²) < 4.78 is 13.0. The Bertz CT molecular complexity index is 467. The lowest BCUT2D eigenvalue weighted by molar-refractivity contribution is 0.162. The van der Waals surface area contributed by atoms with Crippen molar-refractivity contribution in [3.05, 3.63) is 58.0 Å². The van der Waals surface area contributed by atoms with E-state index in [1.165, 1.54) is 17.0 Å². The second-order valence-electron chi connectivity index (χ2n) is 4.46. The zero-order chi connectivity index (χ0) is 12.8. The van der Waals surface area contributed by atoms with Crippen LogP contribution < -0.4 is 0 Å². The Morgan fingerprint density at radius 1 is 1.22 bits per heavy atom. The zero-order valence-electron chi connectivity index (χ0n) is 10.2. The van der Waals surface area contributed by atoms with Crippen LogP contribution in [-0.2, 0) is 12.8 Å². The second-order valence-corrected chi connectivity index (χ2v) is 5.49. The summed E-state index contributed by atoms with van der Waals surface area (Å²) in [6, 6.07) is 10.6. The molecule has 0 aliphatic heterocycles. The molecule has 0 aliphatic carbocycles. The average Bonchev–Trinajstić information content (AvgIpc) is 2.82. The third-order valence-corrected chi connectivity index (χ3v) is 3.84. The largest absolute Gasteiger partial charge is 0.393 e. The maximum absolute atomic E-state index is 13.0. The molecule has 0 bridgehead atoms. The van der Waals surface area contributed by atoms with E-state index >= 15 is 0 Å². The quantitative estimate of drug-likeness (QED) is 0.841. The maximum atomic E-state index is 13.0. The molecule has 2 aromatic rings. The summed E-state index contributed by atoms with van der Waals surface area (Å²) >= 11 is 1.75. The van der Waals surface area contributed by atoms with Gasteiger partial charge in [-0.1, -0.05) is 18.2 Å². The van der Waals surface area contributed by atoms with Crippen molar-refractivity contribution in [2.45, 2.75) is 31.8 Å². The van der Waals surface area contributed by atoms with Gasteiger partial charge in [0.2, 0.25) is 0 Å². The van der Waals surface area contributed by atoms with E-state index in [4.69, 9.17) is 0 Å². The number of benzene rings is 1. The number of rotatable bonds is 6. The van der Waals surface area contributed by atoms with E-state index in [2.05, 4.69) is 11.4 Å². The molecule has 96 valence electrons. The van der Waals surface area contributed by atoms with Crippen LogP contribution in [0, 0.1) is 5.82 Å². The van der Waals surface area contributed by atoms with Crippen molar-refractivity contribution >= 4 is 11.3 Å². The van der Waals surface area contributed by atoms with Crippen molar-refractivity contribution in [1.29, 1.82) is 0 Å². The number of aryl methyl sites for hydroxylation is 1. The normalized spacial score (nSPS) is 12.6. The van der Waals surface area contributed by atoms with Crippen LogP contribution in [0.15, 0.2) is 41.8 Å². The van der Waals surface area contributed by atoms with Crippen molar-refractivity contribution < 1.29 is 9.50 Å². The Morgan fingerprint density at radius 3 is 2.83 bits per heavy atom. The fraction of sp³-hybridized carbons (Fsp3) is 0.333. The van der Waals surface area contributed by atoms with Crippen molar-refractivity contribution in [2.75, 3.05) is 0 Å². The van der Waals surface area contributed by atoms with Crippen LogP contribution in [0.5, 0.6) is 0 Å². The highest BCUT2D eigenvalue weighted by molar-refractivity contribution is 7.09. The first-order chi connectivity index (χ1) is 8.74. The molecular weight excluding hydrogens is 247 g/mol. The molecular formula is C15H17FOS. The summed E-state index contributed by atoms with van der Waals surface area (Å²) in [5, 5.41) is 12.0. The highest BCUT2D eigenvalue weighted by atomic mass is 32.1. The van der Waals surface area contributed by atoms with Crippen molar-refractivity contribution in [1.82, 2.24) is 0 Å². The molecule has 0 radical (unpaired) electrons. The predicted molar refractivity (Wildman–Crippen MR) is 73.4 cm³/mol. The molecule has 1 unspecified atom stereocenters. The molecule has 1 aromatic carbocycles. The summed E-state index contributed by atoms with van der Waals surface area (Å²) in [6.45, 7) is 0. The Balaban J connectivity index is 1.73. The van der Waals surface area contributed by atoms with Gasteiger partial charge in [-0.25, -0.2) is 4.39 Å². The van der Waals surface area contributed by atoms with Crippen LogP contribution in [-0.4, -0.2) is 11.2 Å². The minimum absolute atomic E-state index is 0.238. The SMILES string of the molecule is OC(CCCc1cccs1)Cc1cccc(F)c1. The monoisotopic (exact) mass is 264 g/mol. The van der Waals surface area contributed by atoms with Gasteiger partial charge in [-0.15, -0.1) is 11.3 Å². The van der Waals surface area contributed by atoms with E-state index in [1.54, 1.807) is 17.4 Å². The number of hydrogen-bond acceptors (Lipinski definition) is 2. The highest BCUT2D eigenvalue weighted by Gasteiger charge is 2.06. The molecule has 18 heavy (non-hydrogen) atoms. The third-order valence-electron chi connectivity index (χ3n) is 2.90. The summed E-state index contributed by atoms with van der Waals surface area (Å²) in [5.74, 6) is -0.238. The first kappa shape index (κ1) is 13.2. The number of aliphatic hydroxyl groups excluding tert-OH is 1. The maximum Gasteiger partial charge on any atom is 0.123 e. The van der Waals surface area contributed by atoms with E-state index in [0.717, 1.165) is 24.8 Å². The molecule has 0 saturated carbocycles. The van der Waals surface area contributed by atoms with Gasteiger partial charge in [-0.05, 0) is 54.8 Å². The van der Waals surface area contributed by atoms with Crippen LogP contribution in [0.1, 0.15) is 23.3 Å². The van der Waals surface area contributed by atoms with Gasteiger partial charge < -0.3 is 5.11 Å². The van der Waals surface area contributed by atoms with Gasteiger partial charge in [-0.3, -0.25) is 0 Å². The summed E-state index contributed by atoms with van der Waals surface area (Å²) in [6.07, 6.45) is 2.89. The van der Waals surface area contributed by atoms with Gasteiger partial charge in [0.25, 0.3) is 0 Å². The molecule has 0 spiro atoms. The van der Waals surface area contributed by atoms with Gasteiger partial charge in [-0.2, -0.15) is 0 Å². The van der Waals surface area contributed by atoms with E-state index in [1.807, 2.05) is 12.1 Å². The summed E-state index contributed by atoms with van der Waals surface area (Å²) in [7, 11) is 0. The number of thiophene rings is 1. The van der Waals surface area contributed by atoms with Gasteiger partial charge in [0, 0.05) is 4.88 Å². The lowest BCUT2D eigenvalue weighted by Crippen LogP contribution is -2.10. The third kappa shape index (κ3) is 4.24. The first-order valence-electron chi connectivity index (χ1n) is 6.19. The van der Waals surface area contributed by atoms with Crippen LogP contribution in [0.25, 0.3) is 0 Å². The smallest absolute Gasteiger partial charge is 0.123 e. The van der Waals surface area contributed by atoms with Crippen molar-refractivity contribution in [3.8, 4) is 0 Å². The molecule has 1 N–H and O–H groups in total. The van der Waals surface area contributed by atoms with E-state index in [-0.39, 0.29) is 11.9 Å². The van der Waals surface area contributed by atoms with Gasteiger partial charge in [0.15, 0.2) is 0 Å². The second kappa shape index (κ2) is 6.66. The Morgan fingerprint density at radius 2 is 2.11 bits per heavy atom. The molecule has 1 nitrogen and oxygen atoms in total. The average molecular weight is 264 g/mol. The fourth-order valence-corrected chi connectivity index (χ4v) is 2.76. The standard InChI is InChI=1S/C15H17FOS/c16-13-5-1-4-12(10-13)11-14(17)6-2-7-15-8-3-9-18-15/h1,3-5,8-10,14,17H,2,6-7,11H2. The molecule has 0 saturated heterocycles. The van der Waals surface area contributed by atoms with Gasteiger partial charge in [0.05, 0.1) is 6.10 Å². The lowest BCUT2D eigenvalue weighted by Gasteiger charge is -2.10. The van der Waals surface area contributed by atoms with Crippen LogP contribution in [0.4, 0.5) is 4.39 Å². The van der Waals surface area contributed by atoms with Gasteiger partial charge in [0.1, 0.15) is 5.82 Å². The summed E-state index contributed by atoms with van der Waals surface area (Å²) in [4.78, 5) is 1.35. The number of aliphatic hydroxyl groups is 1. The predicted octanol–water partition coefficient (Wildman–Crippen LogP) is 3.81. The molecule has 3 heteroatoms. The Labute approximate surface area is 111 Å². The molecule has 1 heterocycles. The van der Waals surface area contributed by atoms with E-state index in [9.17, 15) is 9.50 Å².